The summed E-state index contributed by atoms with van der Waals surface area (Å²) in [7, 11) is 0. The van der Waals surface area contributed by atoms with Crippen molar-refractivity contribution in [3.8, 4) is 0 Å². The summed E-state index contributed by atoms with van der Waals surface area (Å²) in [4.78, 5) is 68.3. The molecule has 2 aromatic carbocycles. The van der Waals surface area contributed by atoms with E-state index in [1.54, 1.807) is 11.0 Å². The average molecular weight is 577 g/mol. The number of piperidine rings is 1. The molecule has 2 aromatic rings. The van der Waals surface area contributed by atoms with Crippen LogP contribution >= 0.6 is 11.6 Å². The van der Waals surface area contributed by atoms with Crippen molar-refractivity contribution in [1.82, 2.24) is 20.0 Å². The Bertz CT molecular complexity index is 1480. The van der Waals surface area contributed by atoms with Gasteiger partial charge in [0.2, 0.25) is 11.8 Å². The Morgan fingerprint density at radius 1 is 0.927 bits per heavy atom. The van der Waals surface area contributed by atoms with Crippen LogP contribution in [-0.2, 0) is 14.3 Å². The van der Waals surface area contributed by atoms with Crippen LogP contribution in [0.1, 0.15) is 55.9 Å². The third-order valence-electron chi connectivity index (χ3n) is 8.15. The van der Waals surface area contributed by atoms with Crippen LogP contribution in [0.3, 0.4) is 0 Å². The first-order chi connectivity index (χ1) is 19.8. The van der Waals surface area contributed by atoms with Crippen molar-refractivity contribution in [3.63, 3.8) is 0 Å². The minimum Gasteiger partial charge on any atom is -0.377 e. The summed E-state index contributed by atoms with van der Waals surface area (Å²) in [5.74, 6) is -2.53. The highest BCUT2D eigenvalue weighted by molar-refractivity contribution is 6.30. The van der Waals surface area contributed by atoms with Gasteiger partial charge in [0.15, 0.2) is 0 Å². The monoisotopic (exact) mass is 576 g/mol. The Morgan fingerprint density at radius 3 is 2.39 bits per heavy atom. The van der Waals surface area contributed by atoms with Gasteiger partial charge < -0.3 is 9.64 Å². The number of piperazine rings is 1. The number of hydrogen-bond donors (Lipinski definition) is 1. The van der Waals surface area contributed by atoms with E-state index in [2.05, 4.69) is 10.2 Å². The molecule has 10 nitrogen and oxygen atoms in total. The van der Waals surface area contributed by atoms with E-state index in [0.29, 0.717) is 50.0 Å². The van der Waals surface area contributed by atoms with Gasteiger partial charge in [-0.3, -0.25) is 39.1 Å². The molecule has 11 heteroatoms. The molecule has 0 spiro atoms. The molecule has 6 rings (SSSR count). The standard InChI is InChI=1S/C30H29ClN4O6/c31-21-4-1-18(2-5-21)22-9-14-41-17-20(22)16-33-10-12-34(13-11-33)28(38)19-3-6-23-24(15-19)30(40)35(29(23)39)25-7-8-26(36)32-27(25)37/h1-6,15,25H,7-14,16-17H2,(H,32,36,37). The molecule has 1 atom stereocenters. The predicted molar refractivity (Wildman–Crippen MR) is 149 cm³/mol. The normalized spacial score (nSPS) is 21.8. The zero-order valence-electron chi connectivity index (χ0n) is 22.4. The Morgan fingerprint density at radius 2 is 1.66 bits per heavy atom. The van der Waals surface area contributed by atoms with E-state index >= 15 is 0 Å². The topological polar surface area (TPSA) is 116 Å². The number of rotatable bonds is 5. The van der Waals surface area contributed by atoms with Crippen LogP contribution in [0.25, 0.3) is 5.57 Å². The molecule has 2 fully saturated rings. The maximum Gasteiger partial charge on any atom is 0.262 e. The van der Waals surface area contributed by atoms with Gasteiger partial charge in [-0.1, -0.05) is 23.7 Å². The predicted octanol–water partition coefficient (Wildman–Crippen LogP) is 2.37. The van der Waals surface area contributed by atoms with E-state index in [0.717, 1.165) is 23.4 Å². The van der Waals surface area contributed by atoms with Crippen molar-refractivity contribution >= 4 is 46.7 Å². The quantitative estimate of drug-likeness (QED) is 0.543. The lowest BCUT2D eigenvalue weighted by Crippen LogP contribution is -2.54. The number of imide groups is 2. The smallest absolute Gasteiger partial charge is 0.262 e. The fourth-order valence-corrected chi connectivity index (χ4v) is 6.07. The van der Waals surface area contributed by atoms with Crippen molar-refractivity contribution in [1.29, 1.82) is 0 Å². The molecule has 4 aliphatic rings. The van der Waals surface area contributed by atoms with Crippen LogP contribution in [0.15, 0.2) is 48.0 Å². The number of nitrogens with one attached hydrogen (secondary N) is 1. The number of carbonyl (C=O) groups excluding carboxylic acids is 5. The van der Waals surface area contributed by atoms with Crippen molar-refractivity contribution < 1.29 is 28.7 Å². The Hall–Kier alpha value is -3.86. The van der Waals surface area contributed by atoms with Crippen LogP contribution in [0, 0.1) is 0 Å². The van der Waals surface area contributed by atoms with E-state index in [1.807, 2.05) is 24.3 Å². The third-order valence-corrected chi connectivity index (χ3v) is 8.40. The molecule has 2 saturated heterocycles. The highest BCUT2D eigenvalue weighted by Crippen LogP contribution is 2.30. The molecule has 212 valence electrons. The van der Waals surface area contributed by atoms with Crippen molar-refractivity contribution in [2.24, 2.45) is 0 Å². The van der Waals surface area contributed by atoms with E-state index in [4.69, 9.17) is 16.3 Å². The SMILES string of the molecule is O=C1CCC(N2C(=O)c3ccc(C(=O)N4CCN(CC5=C(c6ccc(Cl)cc6)CCOC5)CC4)cc3C2=O)C(=O)N1. The first-order valence-corrected chi connectivity index (χ1v) is 14.1. The molecule has 4 aliphatic heterocycles. The fraction of sp³-hybridized carbons (Fsp3) is 0.367. The van der Waals surface area contributed by atoms with E-state index < -0.39 is 29.7 Å². The summed E-state index contributed by atoms with van der Waals surface area (Å²) in [6.07, 6.45) is 0.971. The molecule has 0 aliphatic carbocycles. The zero-order chi connectivity index (χ0) is 28.7. The van der Waals surface area contributed by atoms with Crippen LogP contribution in [0.2, 0.25) is 5.02 Å². The molecule has 5 amide bonds. The fourth-order valence-electron chi connectivity index (χ4n) is 5.94. The minimum absolute atomic E-state index is 0.0479. The van der Waals surface area contributed by atoms with Gasteiger partial charge in [0, 0.05) is 49.7 Å². The summed E-state index contributed by atoms with van der Waals surface area (Å²) in [5, 5.41) is 2.89. The molecule has 0 bridgehead atoms. The van der Waals surface area contributed by atoms with Gasteiger partial charge in [0.05, 0.1) is 24.3 Å². The molecule has 0 saturated carbocycles. The maximum atomic E-state index is 13.4. The lowest BCUT2D eigenvalue weighted by Gasteiger charge is -2.36. The van der Waals surface area contributed by atoms with Gasteiger partial charge in [-0.2, -0.15) is 0 Å². The summed E-state index contributed by atoms with van der Waals surface area (Å²) in [5.41, 5.74) is 4.25. The molecule has 4 heterocycles. The lowest BCUT2D eigenvalue weighted by atomic mass is 9.95. The van der Waals surface area contributed by atoms with Gasteiger partial charge in [-0.25, -0.2) is 0 Å². The number of nitrogens with zero attached hydrogens (tertiary/aromatic N) is 3. The highest BCUT2D eigenvalue weighted by Gasteiger charge is 2.45. The first-order valence-electron chi connectivity index (χ1n) is 13.7. The second kappa shape index (κ2) is 11.2. The number of hydrogen-bond acceptors (Lipinski definition) is 7. The lowest BCUT2D eigenvalue weighted by molar-refractivity contribution is -0.136. The maximum absolute atomic E-state index is 13.4. The Balaban J connectivity index is 1.11. The van der Waals surface area contributed by atoms with Gasteiger partial charge >= 0.3 is 0 Å². The number of amides is 5. The molecule has 41 heavy (non-hydrogen) atoms. The number of fused-ring (bicyclic) bond motifs is 1. The van der Waals surface area contributed by atoms with Gasteiger partial charge in [0.1, 0.15) is 6.04 Å². The van der Waals surface area contributed by atoms with Crippen LogP contribution in [0.4, 0.5) is 0 Å². The van der Waals surface area contributed by atoms with Gasteiger partial charge in [-0.15, -0.1) is 0 Å². The largest absolute Gasteiger partial charge is 0.377 e. The second-order valence-electron chi connectivity index (χ2n) is 10.7. The molecule has 0 aromatic heterocycles. The van der Waals surface area contributed by atoms with Gasteiger partial charge in [-0.05, 0) is 59.9 Å². The molecule has 1 unspecified atom stereocenters. The number of carbonyl (C=O) groups is 5. The van der Waals surface area contributed by atoms with E-state index in [-0.39, 0.29) is 29.9 Å². The molecular formula is C30H29ClN4O6. The molecule has 1 N–H and O–H groups in total. The van der Waals surface area contributed by atoms with Crippen LogP contribution in [0.5, 0.6) is 0 Å². The summed E-state index contributed by atoms with van der Waals surface area (Å²) >= 11 is 6.08. The van der Waals surface area contributed by atoms with E-state index in [9.17, 15) is 24.0 Å². The first kappa shape index (κ1) is 27.3. The van der Waals surface area contributed by atoms with Crippen molar-refractivity contribution in [3.05, 3.63) is 75.3 Å². The van der Waals surface area contributed by atoms with E-state index in [1.165, 1.54) is 23.3 Å². The zero-order valence-corrected chi connectivity index (χ0v) is 23.1. The highest BCUT2D eigenvalue weighted by atomic mass is 35.5. The van der Waals surface area contributed by atoms with Gasteiger partial charge in [0.25, 0.3) is 17.7 Å². The summed E-state index contributed by atoms with van der Waals surface area (Å²) in [6.45, 7) is 4.44. The number of benzene rings is 2. The Kier molecular flexibility index (Phi) is 7.46. The summed E-state index contributed by atoms with van der Waals surface area (Å²) in [6, 6.07) is 11.3. The van der Waals surface area contributed by atoms with Crippen molar-refractivity contribution in [2.45, 2.75) is 25.3 Å². The van der Waals surface area contributed by atoms with Crippen molar-refractivity contribution in [2.75, 3.05) is 45.9 Å². The number of ether oxygens (including phenoxy) is 1. The third kappa shape index (κ3) is 5.30. The van der Waals surface area contributed by atoms with Crippen LogP contribution in [-0.4, -0.2) is 96.2 Å². The Labute approximate surface area is 241 Å². The number of halogens is 1. The molecule has 0 radical (unpaired) electrons. The minimum atomic E-state index is -1.04. The second-order valence-corrected chi connectivity index (χ2v) is 11.1. The summed E-state index contributed by atoms with van der Waals surface area (Å²) < 4.78 is 5.76. The molecular weight excluding hydrogens is 548 g/mol. The average Bonchev–Trinajstić information content (AvgIpc) is 3.23. The van der Waals surface area contributed by atoms with Crippen LogP contribution < -0.4 is 5.32 Å².